The number of carbonyl (C=O) groups excluding carboxylic acids is 3. The molecule has 0 aromatic rings. The number of amides is 3. The Morgan fingerprint density at radius 3 is 1.60 bits per heavy atom. The van der Waals surface area contributed by atoms with Gasteiger partial charge in [-0.1, -0.05) is 6.92 Å². The molecule has 0 bridgehead atoms. The first-order valence-electron chi connectivity index (χ1n) is 9.85. The molecule has 2 aliphatic heterocycles. The van der Waals surface area contributed by atoms with Gasteiger partial charge in [-0.3, -0.25) is 14.4 Å². The predicted octanol–water partition coefficient (Wildman–Crippen LogP) is 1.35. The largest absolute Gasteiger partial charge is 0.342 e. The Kier molecular flexibility index (Phi) is 5.97. The molecular weight excluding hydrogens is 318 g/mol. The maximum atomic E-state index is 12.7. The number of carbonyl (C=O) groups is 3. The number of piperidine rings is 1. The Hall–Kier alpha value is -1.59. The summed E-state index contributed by atoms with van der Waals surface area (Å²) < 4.78 is 0. The summed E-state index contributed by atoms with van der Waals surface area (Å²) in [7, 11) is 0. The fraction of sp³-hybridized carbons (Fsp3) is 0.842. The van der Waals surface area contributed by atoms with Gasteiger partial charge < -0.3 is 14.7 Å². The molecule has 3 fully saturated rings. The van der Waals surface area contributed by atoms with Crippen LogP contribution in [0.4, 0.5) is 0 Å². The van der Waals surface area contributed by atoms with Gasteiger partial charge in [-0.15, -0.1) is 0 Å². The van der Waals surface area contributed by atoms with Gasteiger partial charge >= 0.3 is 0 Å². The normalized spacial score (nSPS) is 28.8. The van der Waals surface area contributed by atoms with E-state index in [9.17, 15) is 14.4 Å². The summed E-state index contributed by atoms with van der Waals surface area (Å²) in [5, 5.41) is 0. The molecule has 0 aromatic heterocycles. The Morgan fingerprint density at radius 2 is 1.16 bits per heavy atom. The molecule has 0 unspecified atom stereocenters. The van der Waals surface area contributed by atoms with Crippen molar-refractivity contribution in [2.75, 3.05) is 39.3 Å². The van der Waals surface area contributed by atoms with Crippen molar-refractivity contribution in [2.24, 2.45) is 17.8 Å². The lowest BCUT2D eigenvalue weighted by Gasteiger charge is -2.38. The van der Waals surface area contributed by atoms with E-state index < -0.39 is 0 Å². The van der Waals surface area contributed by atoms with E-state index >= 15 is 0 Å². The highest BCUT2D eigenvalue weighted by Gasteiger charge is 2.35. The van der Waals surface area contributed by atoms with Gasteiger partial charge in [0.25, 0.3) is 0 Å². The Balaban J connectivity index is 1.44. The van der Waals surface area contributed by atoms with E-state index in [1.807, 2.05) is 9.80 Å². The van der Waals surface area contributed by atoms with Gasteiger partial charge in [-0.05, 0) is 44.4 Å². The fourth-order valence-corrected chi connectivity index (χ4v) is 4.38. The standard InChI is InChI=1S/C19H31N3O3/c1-15-6-8-21(9-7-15)18(24)16-2-4-17(5-3-16)19(25)22-12-10-20(14-23)11-13-22/h14-17H,2-13H2,1H3. The zero-order chi connectivity index (χ0) is 17.8. The van der Waals surface area contributed by atoms with Gasteiger partial charge in [0, 0.05) is 51.1 Å². The van der Waals surface area contributed by atoms with Crippen LogP contribution in [0.3, 0.4) is 0 Å². The number of likely N-dealkylation sites (tertiary alicyclic amines) is 1. The Bertz CT molecular complexity index is 486. The zero-order valence-corrected chi connectivity index (χ0v) is 15.4. The van der Waals surface area contributed by atoms with Crippen molar-refractivity contribution in [3.8, 4) is 0 Å². The van der Waals surface area contributed by atoms with E-state index in [0.29, 0.717) is 32.1 Å². The van der Waals surface area contributed by atoms with Crippen molar-refractivity contribution in [3.63, 3.8) is 0 Å². The molecule has 0 radical (unpaired) electrons. The van der Waals surface area contributed by atoms with E-state index in [1.54, 1.807) is 4.90 Å². The number of rotatable bonds is 3. The molecule has 0 spiro atoms. The SMILES string of the molecule is CC1CCN(C(=O)C2CCC(C(=O)N3CCN(C=O)CC3)CC2)CC1. The third kappa shape index (κ3) is 4.33. The van der Waals surface area contributed by atoms with Gasteiger partial charge in [0.05, 0.1) is 0 Å². The van der Waals surface area contributed by atoms with Crippen LogP contribution in [0.1, 0.15) is 45.4 Å². The van der Waals surface area contributed by atoms with Crippen molar-refractivity contribution < 1.29 is 14.4 Å². The number of piperazine rings is 1. The van der Waals surface area contributed by atoms with E-state index in [-0.39, 0.29) is 17.7 Å². The monoisotopic (exact) mass is 349 g/mol. The summed E-state index contributed by atoms with van der Waals surface area (Å²) in [6.45, 7) is 6.62. The lowest BCUT2D eigenvalue weighted by Crippen LogP contribution is -2.50. The summed E-state index contributed by atoms with van der Waals surface area (Å²) in [6.07, 6.45) is 6.44. The molecule has 1 saturated carbocycles. The molecule has 3 aliphatic rings. The first-order chi connectivity index (χ1) is 12.1. The maximum absolute atomic E-state index is 12.7. The number of hydrogen-bond acceptors (Lipinski definition) is 3. The maximum Gasteiger partial charge on any atom is 0.225 e. The van der Waals surface area contributed by atoms with Gasteiger partial charge in [-0.25, -0.2) is 0 Å². The highest BCUT2D eigenvalue weighted by molar-refractivity contribution is 5.81. The fourth-order valence-electron chi connectivity index (χ4n) is 4.38. The Morgan fingerprint density at radius 1 is 0.720 bits per heavy atom. The van der Waals surface area contributed by atoms with Crippen molar-refractivity contribution in [1.29, 1.82) is 0 Å². The smallest absolute Gasteiger partial charge is 0.225 e. The van der Waals surface area contributed by atoms with Crippen LogP contribution in [-0.4, -0.2) is 72.2 Å². The van der Waals surface area contributed by atoms with Crippen molar-refractivity contribution in [3.05, 3.63) is 0 Å². The van der Waals surface area contributed by atoms with Crippen LogP contribution in [0.15, 0.2) is 0 Å². The van der Waals surface area contributed by atoms with Gasteiger partial charge in [0.15, 0.2) is 0 Å². The second-order valence-corrected chi connectivity index (χ2v) is 8.02. The lowest BCUT2D eigenvalue weighted by molar-refractivity contribution is -0.143. The van der Waals surface area contributed by atoms with Crippen LogP contribution in [0.5, 0.6) is 0 Å². The van der Waals surface area contributed by atoms with E-state index in [0.717, 1.165) is 63.9 Å². The minimum atomic E-state index is 0.0632. The van der Waals surface area contributed by atoms with Gasteiger partial charge in [0.1, 0.15) is 0 Å². The minimum Gasteiger partial charge on any atom is -0.342 e. The summed E-state index contributed by atoms with van der Waals surface area (Å²) in [5.74, 6) is 1.45. The molecule has 2 saturated heterocycles. The van der Waals surface area contributed by atoms with Crippen LogP contribution in [0, 0.1) is 17.8 Å². The van der Waals surface area contributed by atoms with Crippen LogP contribution in [0.2, 0.25) is 0 Å². The first kappa shape index (κ1) is 18.2. The topological polar surface area (TPSA) is 60.9 Å². The highest BCUT2D eigenvalue weighted by Crippen LogP contribution is 2.32. The molecule has 25 heavy (non-hydrogen) atoms. The van der Waals surface area contributed by atoms with Crippen LogP contribution in [0.25, 0.3) is 0 Å². The number of nitrogens with zero attached hydrogens (tertiary/aromatic N) is 3. The van der Waals surface area contributed by atoms with Gasteiger partial charge in [-0.2, -0.15) is 0 Å². The Labute approximate surface area is 150 Å². The predicted molar refractivity (Wildman–Crippen MR) is 94.6 cm³/mol. The average molecular weight is 349 g/mol. The molecule has 1 aliphatic carbocycles. The van der Waals surface area contributed by atoms with Gasteiger partial charge in [0.2, 0.25) is 18.2 Å². The molecular formula is C19H31N3O3. The second kappa shape index (κ2) is 8.19. The van der Waals surface area contributed by atoms with Crippen molar-refractivity contribution >= 4 is 18.2 Å². The van der Waals surface area contributed by atoms with Crippen molar-refractivity contribution in [2.45, 2.75) is 45.4 Å². The van der Waals surface area contributed by atoms with E-state index in [2.05, 4.69) is 6.92 Å². The van der Waals surface area contributed by atoms with Crippen molar-refractivity contribution in [1.82, 2.24) is 14.7 Å². The second-order valence-electron chi connectivity index (χ2n) is 8.02. The number of hydrogen-bond donors (Lipinski definition) is 0. The average Bonchev–Trinajstić information content (AvgIpc) is 2.67. The molecule has 2 heterocycles. The van der Waals surface area contributed by atoms with E-state index in [4.69, 9.17) is 0 Å². The van der Waals surface area contributed by atoms with Crippen LogP contribution < -0.4 is 0 Å². The lowest BCUT2D eigenvalue weighted by atomic mass is 9.80. The van der Waals surface area contributed by atoms with Crippen LogP contribution in [-0.2, 0) is 14.4 Å². The molecule has 6 heteroatoms. The summed E-state index contributed by atoms with van der Waals surface area (Å²) in [5.41, 5.74) is 0. The summed E-state index contributed by atoms with van der Waals surface area (Å²) in [6, 6.07) is 0. The first-order valence-corrected chi connectivity index (χ1v) is 9.85. The zero-order valence-electron chi connectivity index (χ0n) is 15.4. The van der Waals surface area contributed by atoms with E-state index in [1.165, 1.54) is 0 Å². The summed E-state index contributed by atoms with van der Waals surface area (Å²) >= 11 is 0. The molecule has 0 aromatic carbocycles. The third-order valence-corrected chi connectivity index (χ3v) is 6.30. The molecule has 3 amide bonds. The molecule has 6 nitrogen and oxygen atoms in total. The minimum absolute atomic E-state index is 0.0632. The molecule has 3 rings (SSSR count). The molecule has 0 atom stereocenters. The molecule has 140 valence electrons. The third-order valence-electron chi connectivity index (χ3n) is 6.30. The van der Waals surface area contributed by atoms with Crippen LogP contribution >= 0.6 is 0 Å². The molecule has 0 N–H and O–H groups in total. The quantitative estimate of drug-likeness (QED) is 0.723. The highest BCUT2D eigenvalue weighted by atomic mass is 16.2. The summed E-state index contributed by atoms with van der Waals surface area (Å²) in [4.78, 5) is 41.8.